The number of nitrogens with one attached hydrogen (secondary N) is 2. The molecule has 2 amide bonds. The van der Waals surface area contributed by atoms with Gasteiger partial charge in [-0.2, -0.15) is 0 Å². The van der Waals surface area contributed by atoms with E-state index in [2.05, 4.69) is 10.7 Å². The molecule has 128 valence electrons. The summed E-state index contributed by atoms with van der Waals surface area (Å²) in [5.41, 5.74) is 4.65. The van der Waals surface area contributed by atoms with Gasteiger partial charge in [0.15, 0.2) is 0 Å². The Morgan fingerprint density at radius 1 is 1.16 bits per heavy atom. The summed E-state index contributed by atoms with van der Waals surface area (Å²) in [6, 6.07) is 15.0. The molecule has 0 saturated carbocycles. The number of benzene rings is 2. The van der Waals surface area contributed by atoms with E-state index in [1.807, 2.05) is 48.5 Å². The maximum absolute atomic E-state index is 12.6. The molecule has 6 heteroatoms. The second-order valence-electron chi connectivity index (χ2n) is 6.41. The Hall–Kier alpha value is -2.86. The van der Waals surface area contributed by atoms with Crippen molar-refractivity contribution in [2.75, 3.05) is 13.6 Å². The third-order valence-electron chi connectivity index (χ3n) is 4.61. The van der Waals surface area contributed by atoms with Gasteiger partial charge in [-0.05, 0) is 12.1 Å². The van der Waals surface area contributed by atoms with Gasteiger partial charge in [-0.25, -0.2) is 5.01 Å². The SMILES string of the molecule is CN1CC(NC(=O)CC2c3ccccc3Oc3ccccc32)C(=O)N1. The Morgan fingerprint density at radius 3 is 2.32 bits per heavy atom. The van der Waals surface area contributed by atoms with Gasteiger partial charge in [-0.1, -0.05) is 36.4 Å². The summed E-state index contributed by atoms with van der Waals surface area (Å²) in [6.45, 7) is 0.464. The number of likely N-dealkylation sites (N-methyl/N-ethyl adjacent to an activating group) is 1. The van der Waals surface area contributed by atoms with Gasteiger partial charge >= 0.3 is 0 Å². The van der Waals surface area contributed by atoms with E-state index in [9.17, 15) is 9.59 Å². The highest BCUT2D eigenvalue weighted by atomic mass is 16.5. The predicted molar refractivity (Wildman–Crippen MR) is 92.1 cm³/mol. The van der Waals surface area contributed by atoms with Gasteiger partial charge in [-0.15, -0.1) is 0 Å². The molecule has 0 bridgehead atoms. The molecule has 4 rings (SSSR count). The van der Waals surface area contributed by atoms with Crippen LogP contribution in [-0.2, 0) is 9.59 Å². The summed E-state index contributed by atoms with van der Waals surface area (Å²) in [4.78, 5) is 24.4. The Morgan fingerprint density at radius 2 is 1.76 bits per heavy atom. The van der Waals surface area contributed by atoms with Crippen LogP contribution in [0.5, 0.6) is 11.5 Å². The summed E-state index contributed by atoms with van der Waals surface area (Å²) in [6.07, 6.45) is 0.269. The topological polar surface area (TPSA) is 70.7 Å². The third kappa shape index (κ3) is 2.96. The fourth-order valence-corrected chi connectivity index (χ4v) is 3.45. The standard InChI is InChI=1S/C19H19N3O3/c1-22-11-15(19(24)21-22)20-18(23)10-14-12-6-2-4-8-16(12)25-17-9-5-3-7-13(14)17/h2-9,14-15H,10-11H2,1H3,(H,20,23)(H,21,24). The van der Waals surface area contributed by atoms with Crippen molar-refractivity contribution in [3.05, 3.63) is 59.7 Å². The molecule has 1 atom stereocenters. The van der Waals surface area contributed by atoms with E-state index in [-0.39, 0.29) is 24.2 Å². The molecule has 2 N–H and O–H groups in total. The van der Waals surface area contributed by atoms with Crippen LogP contribution in [0.15, 0.2) is 48.5 Å². The average Bonchev–Trinajstić information content (AvgIpc) is 2.91. The lowest BCUT2D eigenvalue weighted by Gasteiger charge is -2.28. The molecule has 1 fully saturated rings. The number of para-hydroxylation sites is 2. The lowest BCUT2D eigenvalue weighted by Crippen LogP contribution is -2.42. The molecule has 2 aliphatic heterocycles. The molecular formula is C19H19N3O3. The van der Waals surface area contributed by atoms with Crippen LogP contribution < -0.4 is 15.5 Å². The molecule has 1 saturated heterocycles. The van der Waals surface area contributed by atoms with Gasteiger partial charge in [0, 0.05) is 37.1 Å². The first kappa shape index (κ1) is 15.7. The molecule has 2 aliphatic rings. The predicted octanol–water partition coefficient (Wildman–Crippen LogP) is 1.78. The van der Waals surface area contributed by atoms with E-state index >= 15 is 0 Å². The largest absolute Gasteiger partial charge is 0.457 e. The van der Waals surface area contributed by atoms with E-state index in [1.165, 1.54) is 0 Å². The number of hydrogen-bond acceptors (Lipinski definition) is 4. The van der Waals surface area contributed by atoms with Crippen LogP contribution in [0.25, 0.3) is 0 Å². The molecule has 2 heterocycles. The van der Waals surface area contributed by atoms with Crippen molar-refractivity contribution >= 4 is 11.8 Å². The first-order chi connectivity index (χ1) is 12.1. The molecular weight excluding hydrogens is 318 g/mol. The smallest absolute Gasteiger partial charge is 0.258 e. The van der Waals surface area contributed by atoms with Gasteiger partial charge in [0.05, 0.1) is 0 Å². The van der Waals surface area contributed by atoms with Gasteiger partial charge in [0.1, 0.15) is 17.5 Å². The van der Waals surface area contributed by atoms with Crippen LogP contribution >= 0.6 is 0 Å². The van der Waals surface area contributed by atoms with E-state index in [1.54, 1.807) is 12.1 Å². The van der Waals surface area contributed by atoms with Crippen molar-refractivity contribution in [1.29, 1.82) is 0 Å². The molecule has 2 aromatic carbocycles. The highest BCUT2D eigenvalue weighted by Gasteiger charge is 2.32. The molecule has 0 aliphatic carbocycles. The lowest BCUT2D eigenvalue weighted by atomic mass is 9.85. The summed E-state index contributed by atoms with van der Waals surface area (Å²) in [7, 11) is 1.77. The number of nitrogens with zero attached hydrogens (tertiary/aromatic N) is 1. The number of carbonyl (C=O) groups excluding carboxylic acids is 2. The zero-order valence-corrected chi connectivity index (χ0v) is 13.9. The maximum Gasteiger partial charge on any atom is 0.258 e. The van der Waals surface area contributed by atoms with Gasteiger partial charge < -0.3 is 10.1 Å². The van der Waals surface area contributed by atoms with Crippen molar-refractivity contribution in [2.45, 2.75) is 18.4 Å². The van der Waals surface area contributed by atoms with Crippen LogP contribution in [0.4, 0.5) is 0 Å². The highest BCUT2D eigenvalue weighted by Crippen LogP contribution is 2.45. The summed E-state index contributed by atoms with van der Waals surface area (Å²) >= 11 is 0. The van der Waals surface area contributed by atoms with Gasteiger partial charge in [-0.3, -0.25) is 15.0 Å². The zero-order chi connectivity index (χ0) is 17.4. The maximum atomic E-state index is 12.6. The normalized spacial score (nSPS) is 19.6. The second kappa shape index (κ2) is 6.22. The van der Waals surface area contributed by atoms with Gasteiger partial charge in [0.2, 0.25) is 5.91 Å². The second-order valence-corrected chi connectivity index (χ2v) is 6.41. The van der Waals surface area contributed by atoms with Crippen LogP contribution in [0, 0.1) is 0 Å². The Balaban J connectivity index is 1.58. The summed E-state index contributed by atoms with van der Waals surface area (Å²) in [5, 5.41) is 4.51. The molecule has 6 nitrogen and oxygen atoms in total. The van der Waals surface area contributed by atoms with Crippen molar-refractivity contribution < 1.29 is 14.3 Å². The number of carbonyl (C=O) groups is 2. The third-order valence-corrected chi connectivity index (χ3v) is 4.61. The van der Waals surface area contributed by atoms with Crippen LogP contribution in [-0.4, -0.2) is 36.5 Å². The quantitative estimate of drug-likeness (QED) is 0.896. The lowest BCUT2D eigenvalue weighted by molar-refractivity contribution is -0.127. The average molecular weight is 337 g/mol. The number of hydrazine groups is 1. The number of ether oxygens (including phenoxy) is 1. The first-order valence-electron chi connectivity index (χ1n) is 8.28. The highest BCUT2D eigenvalue weighted by molar-refractivity contribution is 5.89. The number of hydrogen-bond donors (Lipinski definition) is 2. The van der Waals surface area contributed by atoms with E-state index < -0.39 is 6.04 Å². The zero-order valence-electron chi connectivity index (χ0n) is 13.9. The molecule has 0 radical (unpaired) electrons. The minimum Gasteiger partial charge on any atom is -0.457 e. The first-order valence-corrected chi connectivity index (χ1v) is 8.28. The van der Waals surface area contributed by atoms with E-state index in [4.69, 9.17) is 4.74 Å². The molecule has 0 aromatic heterocycles. The number of rotatable bonds is 3. The van der Waals surface area contributed by atoms with E-state index in [0.717, 1.165) is 22.6 Å². The van der Waals surface area contributed by atoms with Crippen molar-refractivity contribution in [3.63, 3.8) is 0 Å². The minimum absolute atomic E-state index is 0.0941. The fourth-order valence-electron chi connectivity index (χ4n) is 3.45. The van der Waals surface area contributed by atoms with Crippen LogP contribution in [0.2, 0.25) is 0 Å². The van der Waals surface area contributed by atoms with Gasteiger partial charge in [0.25, 0.3) is 5.91 Å². The summed E-state index contributed by atoms with van der Waals surface area (Å²) in [5.74, 6) is 1.13. The Labute approximate surface area is 145 Å². The summed E-state index contributed by atoms with van der Waals surface area (Å²) < 4.78 is 5.95. The van der Waals surface area contributed by atoms with Crippen molar-refractivity contribution in [2.24, 2.45) is 0 Å². The fraction of sp³-hybridized carbons (Fsp3) is 0.263. The minimum atomic E-state index is -0.511. The van der Waals surface area contributed by atoms with Crippen molar-refractivity contribution in [1.82, 2.24) is 15.8 Å². The van der Waals surface area contributed by atoms with Crippen molar-refractivity contribution in [3.8, 4) is 11.5 Å². The Bertz CT molecular complexity index is 791. The van der Waals surface area contributed by atoms with E-state index in [0.29, 0.717) is 6.54 Å². The molecule has 1 unspecified atom stereocenters. The van der Waals surface area contributed by atoms with Crippen LogP contribution in [0.3, 0.4) is 0 Å². The molecule has 0 spiro atoms. The molecule has 2 aromatic rings. The monoisotopic (exact) mass is 337 g/mol. The Kier molecular flexibility index (Phi) is 3.89. The number of fused-ring (bicyclic) bond motifs is 2. The van der Waals surface area contributed by atoms with Crippen LogP contribution in [0.1, 0.15) is 23.5 Å². The molecule has 25 heavy (non-hydrogen) atoms. The number of amides is 2.